The molecule has 1 fully saturated rings. The lowest BCUT2D eigenvalue weighted by Crippen LogP contribution is -2.51. The normalized spacial score (nSPS) is 19.3. The fourth-order valence-electron chi connectivity index (χ4n) is 3.25. The zero-order valence-electron chi connectivity index (χ0n) is 13.3. The molecular formula is C18H21N5. The van der Waals surface area contributed by atoms with Gasteiger partial charge in [0.2, 0.25) is 0 Å². The third-order valence-corrected chi connectivity index (χ3v) is 4.53. The highest BCUT2D eigenvalue weighted by Gasteiger charge is 2.25. The van der Waals surface area contributed by atoms with E-state index in [1.54, 1.807) is 0 Å². The standard InChI is InChI=1S/C18H21N5/c1-14-12-23(18-8-4-5-9-19-18)11-10-22(14)13-17-20-15-6-2-3-7-16(15)21-17/h2-9,14H,10-13H2,1H3,(H,20,21)/t14-/m0/s1. The molecule has 0 bridgehead atoms. The smallest absolute Gasteiger partial charge is 0.128 e. The van der Waals surface area contributed by atoms with Gasteiger partial charge < -0.3 is 9.88 Å². The van der Waals surface area contributed by atoms with Crippen molar-refractivity contribution in [2.45, 2.75) is 19.5 Å². The Labute approximate surface area is 136 Å². The molecule has 2 aromatic heterocycles. The Hall–Kier alpha value is -2.40. The molecule has 1 aliphatic heterocycles. The molecule has 1 aliphatic rings. The number of anilines is 1. The van der Waals surface area contributed by atoms with Gasteiger partial charge in [-0.05, 0) is 31.2 Å². The Balaban J connectivity index is 1.45. The van der Waals surface area contributed by atoms with Crippen molar-refractivity contribution in [3.05, 3.63) is 54.5 Å². The summed E-state index contributed by atoms with van der Waals surface area (Å²) in [6.45, 7) is 6.16. The van der Waals surface area contributed by atoms with Gasteiger partial charge in [0.05, 0.1) is 17.6 Å². The number of pyridine rings is 1. The van der Waals surface area contributed by atoms with Gasteiger partial charge in [0.25, 0.3) is 0 Å². The van der Waals surface area contributed by atoms with E-state index in [4.69, 9.17) is 4.98 Å². The first kappa shape index (κ1) is 14.2. The number of nitrogens with zero attached hydrogens (tertiary/aromatic N) is 4. The number of benzene rings is 1. The quantitative estimate of drug-likeness (QED) is 0.808. The van der Waals surface area contributed by atoms with Crippen molar-refractivity contribution in [3.63, 3.8) is 0 Å². The summed E-state index contributed by atoms with van der Waals surface area (Å²) in [5.41, 5.74) is 2.16. The fourth-order valence-corrected chi connectivity index (χ4v) is 3.25. The number of nitrogens with one attached hydrogen (secondary N) is 1. The van der Waals surface area contributed by atoms with Crippen LogP contribution in [0.25, 0.3) is 11.0 Å². The summed E-state index contributed by atoms with van der Waals surface area (Å²) in [6.07, 6.45) is 1.86. The summed E-state index contributed by atoms with van der Waals surface area (Å²) in [6, 6.07) is 14.8. The Morgan fingerprint density at radius 2 is 2.00 bits per heavy atom. The van der Waals surface area contributed by atoms with Crippen LogP contribution in [0.4, 0.5) is 5.82 Å². The molecule has 1 atom stereocenters. The van der Waals surface area contributed by atoms with Crippen LogP contribution in [0, 0.1) is 0 Å². The summed E-state index contributed by atoms with van der Waals surface area (Å²) < 4.78 is 0. The Morgan fingerprint density at radius 3 is 2.78 bits per heavy atom. The highest BCUT2D eigenvalue weighted by Crippen LogP contribution is 2.19. The first-order chi connectivity index (χ1) is 11.3. The lowest BCUT2D eigenvalue weighted by atomic mass is 10.2. The molecular weight excluding hydrogens is 286 g/mol. The largest absolute Gasteiger partial charge is 0.354 e. The van der Waals surface area contributed by atoms with Crippen LogP contribution in [0.1, 0.15) is 12.7 Å². The predicted molar refractivity (Wildman–Crippen MR) is 92.4 cm³/mol. The molecule has 5 heteroatoms. The van der Waals surface area contributed by atoms with Gasteiger partial charge in [-0.25, -0.2) is 9.97 Å². The predicted octanol–water partition coefficient (Wildman–Crippen LogP) is 2.67. The van der Waals surface area contributed by atoms with E-state index in [-0.39, 0.29) is 0 Å². The number of para-hydroxylation sites is 2. The number of imidazole rings is 1. The van der Waals surface area contributed by atoms with E-state index < -0.39 is 0 Å². The molecule has 0 radical (unpaired) electrons. The van der Waals surface area contributed by atoms with Gasteiger partial charge in [-0.2, -0.15) is 0 Å². The van der Waals surface area contributed by atoms with Crippen molar-refractivity contribution in [1.82, 2.24) is 19.9 Å². The third-order valence-electron chi connectivity index (χ3n) is 4.53. The Kier molecular flexibility index (Phi) is 3.71. The van der Waals surface area contributed by atoms with Crippen LogP contribution < -0.4 is 4.90 Å². The van der Waals surface area contributed by atoms with Gasteiger partial charge in [0, 0.05) is 31.9 Å². The highest BCUT2D eigenvalue weighted by atomic mass is 15.3. The van der Waals surface area contributed by atoms with Crippen molar-refractivity contribution in [2.24, 2.45) is 0 Å². The SMILES string of the molecule is C[C@H]1CN(c2ccccn2)CCN1Cc1nc2ccccc2[nH]1. The summed E-state index contributed by atoms with van der Waals surface area (Å²) in [5.74, 6) is 2.12. The average Bonchev–Trinajstić information content (AvgIpc) is 3.00. The molecule has 118 valence electrons. The number of aromatic amines is 1. The number of aromatic nitrogens is 3. The minimum Gasteiger partial charge on any atom is -0.354 e. The van der Waals surface area contributed by atoms with Gasteiger partial charge in [0.15, 0.2) is 0 Å². The summed E-state index contributed by atoms with van der Waals surface area (Å²) >= 11 is 0. The molecule has 0 amide bonds. The zero-order chi connectivity index (χ0) is 15.6. The Morgan fingerprint density at radius 1 is 1.13 bits per heavy atom. The number of rotatable bonds is 3. The molecule has 1 aromatic carbocycles. The topological polar surface area (TPSA) is 48.1 Å². The number of piperazine rings is 1. The lowest BCUT2D eigenvalue weighted by molar-refractivity contribution is 0.177. The minimum absolute atomic E-state index is 0.471. The number of fused-ring (bicyclic) bond motifs is 1. The van der Waals surface area contributed by atoms with Crippen molar-refractivity contribution in [2.75, 3.05) is 24.5 Å². The molecule has 3 aromatic rings. The lowest BCUT2D eigenvalue weighted by Gasteiger charge is -2.40. The first-order valence-corrected chi connectivity index (χ1v) is 8.13. The van der Waals surface area contributed by atoms with Crippen LogP contribution in [0.2, 0.25) is 0 Å². The minimum atomic E-state index is 0.471. The van der Waals surface area contributed by atoms with E-state index in [2.05, 4.69) is 44.9 Å². The van der Waals surface area contributed by atoms with E-state index >= 15 is 0 Å². The molecule has 0 aliphatic carbocycles. The van der Waals surface area contributed by atoms with Crippen molar-refractivity contribution < 1.29 is 0 Å². The van der Waals surface area contributed by atoms with E-state index in [9.17, 15) is 0 Å². The summed E-state index contributed by atoms with van der Waals surface area (Å²) in [7, 11) is 0. The van der Waals surface area contributed by atoms with Crippen molar-refractivity contribution in [1.29, 1.82) is 0 Å². The molecule has 5 nitrogen and oxygen atoms in total. The van der Waals surface area contributed by atoms with Crippen LogP contribution in [-0.4, -0.2) is 45.5 Å². The van der Waals surface area contributed by atoms with Gasteiger partial charge in [-0.1, -0.05) is 18.2 Å². The average molecular weight is 307 g/mol. The van der Waals surface area contributed by atoms with Gasteiger partial charge in [-0.3, -0.25) is 4.90 Å². The molecule has 4 rings (SSSR count). The second-order valence-electron chi connectivity index (χ2n) is 6.15. The van der Waals surface area contributed by atoms with Crippen LogP contribution in [0.5, 0.6) is 0 Å². The number of hydrogen-bond donors (Lipinski definition) is 1. The van der Waals surface area contributed by atoms with Crippen molar-refractivity contribution in [3.8, 4) is 0 Å². The molecule has 1 saturated heterocycles. The molecule has 0 spiro atoms. The molecule has 1 N–H and O–H groups in total. The van der Waals surface area contributed by atoms with E-state index in [0.717, 1.165) is 48.9 Å². The monoisotopic (exact) mass is 307 g/mol. The van der Waals surface area contributed by atoms with Crippen LogP contribution >= 0.6 is 0 Å². The van der Waals surface area contributed by atoms with E-state index in [1.807, 2.05) is 30.5 Å². The second-order valence-corrected chi connectivity index (χ2v) is 6.15. The van der Waals surface area contributed by atoms with Crippen LogP contribution in [0.15, 0.2) is 48.7 Å². The molecule has 3 heterocycles. The molecule has 0 unspecified atom stereocenters. The maximum Gasteiger partial charge on any atom is 0.128 e. The first-order valence-electron chi connectivity index (χ1n) is 8.13. The van der Waals surface area contributed by atoms with Gasteiger partial charge >= 0.3 is 0 Å². The van der Waals surface area contributed by atoms with E-state index in [1.165, 1.54) is 0 Å². The molecule has 0 saturated carbocycles. The Bertz CT molecular complexity index is 749. The zero-order valence-corrected chi connectivity index (χ0v) is 13.3. The fraction of sp³-hybridized carbons (Fsp3) is 0.333. The second kappa shape index (κ2) is 6.01. The maximum absolute atomic E-state index is 4.70. The third kappa shape index (κ3) is 2.92. The molecule has 23 heavy (non-hydrogen) atoms. The van der Waals surface area contributed by atoms with Gasteiger partial charge in [0.1, 0.15) is 11.6 Å². The maximum atomic E-state index is 4.70. The van der Waals surface area contributed by atoms with Crippen molar-refractivity contribution >= 4 is 16.9 Å². The van der Waals surface area contributed by atoms with Crippen LogP contribution in [0.3, 0.4) is 0 Å². The summed E-state index contributed by atoms with van der Waals surface area (Å²) in [4.78, 5) is 17.4. The summed E-state index contributed by atoms with van der Waals surface area (Å²) in [5, 5.41) is 0. The number of hydrogen-bond acceptors (Lipinski definition) is 4. The van der Waals surface area contributed by atoms with E-state index in [0.29, 0.717) is 6.04 Å². The highest BCUT2D eigenvalue weighted by molar-refractivity contribution is 5.74. The van der Waals surface area contributed by atoms with Crippen LogP contribution in [-0.2, 0) is 6.54 Å². The van der Waals surface area contributed by atoms with Gasteiger partial charge in [-0.15, -0.1) is 0 Å². The number of H-pyrrole nitrogens is 1.